The molecule has 2 aromatic rings. The Morgan fingerprint density at radius 2 is 1.58 bits per heavy atom. The van der Waals surface area contributed by atoms with E-state index < -0.39 is 12.1 Å². The van der Waals surface area contributed by atoms with Gasteiger partial charge in [-0.3, -0.25) is 14.5 Å². The molecular formula is C20H22N2O4. The summed E-state index contributed by atoms with van der Waals surface area (Å²) in [5.41, 5.74) is 4.31. The second kappa shape index (κ2) is 9.01. The van der Waals surface area contributed by atoms with Crippen LogP contribution in [0.25, 0.3) is 0 Å². The predicted octanol–water partition coefficient (Wildman–Crippen LogP) is 3.04. The van der Waals surface area contributed by atoms with E-state index in [-0.39, 0.29) is 19.1 Å². The van der Waals surface area contributed by atoms with E-state index in [0.717, 1.165) is 17.5 Å². The number of nitrogens with one attached hydrogen (secondary N) is 1. The Kier molecular flexibility index (Phi) is 6.22. The van der Waals surface area contributed by atoms with E-state index in [1.165, 1.54) is 4.90 Å². The first-order valence-corrected chi connectivity index (χ1v) is 8.67. The predicted molar refractivity (Wildman–Crippen MR) is 95.7 cm³/mol. The van der Waals surface area contributed by atoms with E-state index in [9.17, 15) is 9.59 Å². The van der Waals surface area contributed by atoms with Crippen LogP contribution in [0.15, 0.2) is 60.7 Å². The van der Waals surface area contributed by atoms with E-state index in [0.29, 0.717) is 13.0 Å². The molecule has 26 heavy (non-hydrogen) atoms. The Morgan fingerprint density at radius 3 is 2.23 bits per heavy atom. The van der Waals surface area contributed by atoms with E-state index in [1.807, 2.05) is 60.7 Å². The van der Waals surface area contributed by atoms with Crippen molar-refractivity contribution in [3.05, 3.63) is 71.8 Å². The normalized spacial score (nSPS) is 16.3. The number of carbonyl (C=O) groups is 2. The maximum absolute atomic E-state index is 12.3. The first-order valence-electron chi connectivity index (χ1n) is 8.67. The van der Waals surface area contributed by atoms with Crippen molar-refractivity contribution in [1.29, 1.82) is 0 Å². The van der Waals surface area contributed by atoms with Gasteiger partial charge in [-0.05, 0) is 24.0 Å². The van der Waals surface area contributed by atoms with Crippen LogP contribution in [-0.2, 0) is 27.6 Å². The highest BCUT2D eigenvalue weighted by molar-refractivity contribution is 5.85. The minimum atomic E-state index is -0.561. The second-order valence-corrected chi connectivity index (χ2v) is 6.13. The van der Waals surface area contributed by atoms with E-state index >= 15 is 0 Å². The van der Waals surface area contributed by atoms with Gasteiger partial charge in [0, 0.05) is 6.54 Å². The average molecular weight is 354 g/mol. The van der Waals surface area contributed by atoms with Gasteiger partial charge < -0.3 is 4.74 Å². The fraction of sp³-hybridized carbons (Fsp3) is 0.300. The lowest BCUT2D eigenvalue weighted by molar-refractivity contribution is -0.138. The zero-order valence-corrected chi connectivity index (χ0v) is 14.5. The summed E-state index contributed by atoms with van der Waals surface area (Å²) >= 11 is 0. The summed E-state index contributed by atoms with van der Waals surface area (Å²) in [7, 11) is 0. The zero-order chi connectivity index (χ0) is 18.2. The summed E-state index contributed by atoms with van der Waals surface area (Å²) < 4.78 is 5.33. The second-order valence-electron chi connectivity index (χ2n) is 6.13. The van der Waals surface area contributed by atoms with E-state index in [4.69, 9.17) is 9.57 Å². The van der Waals surface area contributed by atoms with Gasteiger partial charge in [0.05, 0.1) is 6.61 Å². The quantitative estimate of drug-likeness (QED) is 0.810. The highest BCUT2D eigenvalue weighted by Gasteiger charge is 2.35. The van der Waals surface area contributed by atoms with Crippen molar-refractivity contribution in [2.24, 2.45) is 0 Å². The largest absolute Gasteiger partial charge is 0.445 e. The maximum Gasteiger partial charge on any atom is 0.410 e. The zero-order valence-electron chi connectivity index (χ0n) is 14.5. The highest BCUT2D eigenvalue weighted by atomic mass is 16.7. The van der Waals surface area contributed by atoms with Gasteiger partial charge in [0.25, 0.3) is 5.91 Å². The standard InChI is InChI=1S/C20H22N2O4/c23-19(21-26-15-17-10-5-2-6-11-17)18-12-7-13-22(18)20(24)25-14-16-8-3-1-4-9-16/h1-6,8-11,18H,7,12-15H2,(H,21,23)/t18-/m0/s1. The minimum absolute atomic E-state index is 0.190. The van der Waals surface area contributed by atoms with Crippen molar-refractivity contribution >= 4 is 12.0 Å². The van der Waals surface area contributed by atoms with Crippen molar-refractivity contribution in [1.82, 2.24) is 10.4 Å². The van der Waals surface area contributed by atoms with Crippen LogP contribution in [0.4, 0.5) is 4.79 Å². The van der Waals surface area contributed by atoms with Crippen LogP contribution in [-0.4, -0.2) is 29.5 Å². The summed E-state index contributed by atoms with van der Waals surface area (Å²) in [6.45, 7) is 0.969. The molecule has 0 spiro atoms. The van der Waals surface area contributed by atoms with Gasteiger partial charge in [-0.2, -0.15) is 0 Å². The lowest BCUT2D eigenvalue weighted by atomic mass is 10.2. The van der Waals surface area contributed by atoms with Crippen LogP contribution in [0.2, 0.25) is 0 Å². The summed E-state index contributed by atoms with van der Waals surface area (Å²) in [6.07, 6.45) is 0.882. The maximum atomic E-state index is 12.3. The number of likely N-dealkylation sites (tertiary alicyclic amines) is 1. The molecule has 0 unspecified atom stereocenters. The molecule has 2 amide bonds. The van der Waals surface area contributed by atoms with Crippen LogP contribution in [0, 0.1) is 0 Å². The molecule has 1 saturated heterocycles. The van der Waals surface area contributed by atoms with Gasteiger partial charge in [0.1, 0.15) is 12.6 Å². The summed E-state index contributed by atoms with van der Waals surface area (Å²) in [4.78, 5) is 31.4. The fourth-order valence-electron chi connectivity index (χ4n) is 2.89. The van der Waals surface area contributed by atoms with Gasteiger partial charge in [-0.15, -0.1) is 0 Å². The van der Waals surface area contributed by atoms with E-state index in [2.05, 4.69) is 5.48 Å². The van der Waals surface area contributed by atoms with Crippen molar-refractivity contribution < 1.29 is 19.2 Å². The molecule has 0 saturated carbocycles. The molecule has 1 aliphatic heterocycles. The number of nitrogens with zero attached hydrogens (tertiary/aromatic N) is 1. The molecule has 2 aromatic carbocycles. The summed E-state index contributed by atoms with van der Waals surface area (Å²) in [6, 6.07) is 18.4. The third kappa shape index (κ3) is 4.83. The molecule has 0 aliphatic carbocycles. The summed E-state index contributed by atoms with van der Waals surface area (Å²) in [5, 5.41) is 0. The molecule has 1 atom stereocenters. The van der Waals surface area contributed by atoms with Gasteiger partial charge >= 0.3 is 6.09 Å². The van der Waals surface area contributed by atoms with Crippen LogP contribution >= 0.6 is 0 Å². The SMILES string of the molecule is O=C(NOCc1ccccc1)[C@@H]1CCCN1C(=O)OCc1ccccc1. The van der Waals surface area contributed by atoms with Crippen molar-refractivity contribution in [3.8, 4) is 0 Å². The number of benzene rings is 2. The van der Waals surface area contributed by atoms with Gasteiger partial charge in [-0.1, -0.05) is 60.7 Å². The molecule has 6 nitrogen and oxygen atoms in total. The number of ether oxygens (including phenoxy) is 1. The molecular weight excluding hydrogens is 332 g/mol. The van der Waals surface area contributed by atoms with Crippen LogP contribution in [0.5, 0.6) is 0 Å². The molecule has 136 valence electrons. The molecule has 0 bridgehead atoms. The third-order valence-corrected chi connectivity index (χ3v) is 4.25. The monoisotopic (exact) mass is 354 g/mol. The Bertz CT molecular complexity index is 721. The van der Waals surface area contributed by atoms with Crippen molar-refractivity contribution in [2.75, 3.05) is 6.54 Å². The van der Waals surface area contributed by atoms with Gasteiger partial charge in [0.2, 0.25) is 0 Å². The first-order chi connectivity index (χ1) is 12.7. The Morgan fingerprint density at radius 1 is 0.962 bits per heavy atom. The van der Waals surface area contributed by atoms with Crippen LogP contribution in [0.3, 0.4) is 0 Å². The smallest absolute Gasteiger partial charge is 0.410 e. The number of carbonyl (C=O) groups excluding carboxylic acids is 2. The summed E-state index contributed by atoms with van der Waals surface area (Å²) in [5.74, 6) is -0.324. The van der Waals surface area contributed by atoms with Crippen LogP contribution < -0.4 is 5.48 Å². The molecule has 1 N–H and O–H groups in total. The lowest BCUT2D eigenvalue weighted by Gasteiger charge is -2.23. The molecule has 0 radical (unpaired) electrons. The number of hydroxylamine groups is 1. The molecule has 1 aliphatic rings. The first kappa shape index (κ1) is 17.9. The molecule has 0 aromatic heterocycles. The Balaban J connectivity index is 1.47. The van der Waals surface area contributed by atoms with Gasteiger partial charge in [0.15, 0.2) is 0 Å². The number of hydrogen-bond acceptors (Lipinski definition) is 4. The highest BCUT2D eigenvalue weighted by Crippen LogP contribution is 2.19. The number of amides is 2. The van der Waals surface area contributed by atoms with E-state index in [1.54, 1.807) is 0 Å². The molecule has 1 fully saturated rings. The van der Waals surface area contributed by atoms with Crippen molar-refractivity contribution in [3.63, 3.8) is 0 Å². The average Bonchev–Trinajstić information content (AvgIpc) is 3.18. The molecule has 6 heteroatoms. The Hall–Kier alpha value is -2.86. The fourth-order valence-corrected chi connectivity index (χ4v) is 2.89. The number of rotatable bonds is 6. The Labute approximate surface area is 152 Å². The topological polar surface area (TPSA) is 67.9 Å². The van der Waals surface area contributed by atoms with Crippen LogP contribution in [0.1, 0.15) is 24.0 Å². The third-order valence-electron chi connectivity index (χ3n) is 4.25. The van der Waals surface area contributed by atoms with Crippen molar-refractivity contribution in [2.45, 2.75) is 32.1 Å². The molecule has 1 heterocycles. The lowest BCUT2D eigenvalue weighted by Crippen LogP contribution is -2.46. The molecule has 3 rings (SSSR count). The van der Waals surface area contributed by atoms with Gasteiger partial charge in [-0.25, -0.2) is 10.3 Å². The minimum Gasteiger partial charge on any atom is -0.445 e. The number of hydrogen-bond donors (Lipinski definition) is 1.